The molecule has 2 heteroatoms. The summed E-state index contributed by atoms with van der Waals surface area (Å²) in [5, 5.41) is 10.4. The van der Waals surface area contributed by atoms with Crippen LogP contribution in [-0.2, 0) is 0 Å². The summed E-state index contributed by atoms with van der Waals surface area (Å²) in [6.07, 6.45) is 12.4. The first-order valence-electron chi connectivity index (χ1n) is 7.01. The van der Waals surface area contributed by atoms with Gasteiger partial charge in [-0.15, -0.1) is 12.3 Å². The van der Waals surface area contributed by atoms with Crippen LogP contribution in [0.2, 0.25) is 0 Å². The Morgan fingerprint density at radius 1 is 1.35 bits per heavy atom. The molecule has 2 nitrogen and oxygen atoms in total. The Balaban J connectivity index is 2.55. The van der Waals surface area contributed by atoms with Crippen molar-refractivity contribution in [3.05, 3.63) is 0 Å². The highest BCUT2D eigenvalue weighted by Gasteiger charge is 2.37. The summed E-state index contributed by atoms with van der Waals surface area (Å²) in [5.74, 6) is 2.65. The zero-order chi connectivity index (χ0) is 12.7. The van der Waals surface area contributed by atoms with Gasteiger partial charge >= 0.3 is 0 Å². The molecule has 0 aliphatic carbocycles. The predicted molar refractivity (Wildman–Crippen MR) is 72.8 cm³/mol. The average molecular weight is 237 g/mol. The highest BCUT2D eigenvalue weighted by atomic mass is 16.3. The number of aliphatic hydroxyl groups is 1. The number of nitrogens with zero attached hydrogens (tertiary/aromatic N) is 1. The Hall–Kier alpha value is -0.520. The molecule has 1 aliphatic heterocycles. The molecule has 1 N–H and O–H groups in total. The number of hydrogen-bond donors (Lipinski definition) is 1. The highest BCUT2D eigenvalue weighted by Crippen LogP contribution is 2.29. The van der Waals surface area contributed by atoms with E-state index in [1.807, 2.05) is 0 Å². The summed E-state index contributed by atoms with van der Waals surface area (Å²) < 4.78 is 0. The molecule has 2 atom stereocenters. The minimum atomic E-state index is -0.251. The second-order valence-corrected chi connectivity index (χ2v) is 5.37. The smallest absolute Gasteiger partial charge is 0.0721 e. The largest absolute Gasteiger partial charge is 0.391 e. The van der Waals surface area contributed by atoms with Crippen molar-refractivity contribution in [2.75, 3.05) is 13.1 Å². The van der Waals surface area contributed by atoms with Crippen LogP contribution in [0.4, 0.5) is 0 Å². The van der Waals surface area contributed by atoms with Crippen molar-refractivity contribution >= 4 is 0 Å². The monoisotopic (exact) mass is 237 g/mol. The van der Waals surface area contributed by atoms with E-state index in [4.69, 9.17) is 6.42 Å². The maximum Gasteiger partial charge on any atom is 0.0721 e. The third-order valence-corrected chi connectivity index (χ3v) is 4.31. The lowest BCUT2D eigenvalue weighted by Gasteiger charge is -2.46. The highest BCUT2D eigenvalue weighted by molar-refractivity contribution is 4.94. The van der Waals surface area contributed by atoms with Crippen molar-refractivity contribution in [1.29, 1.82) is 0 Å². The van der Waals surface area contributed by atoms with Gasteiger partial charge in [0.05, 0.1) is 6.10 Å². The molecule has 1 aliphatic rings. The van der Waals surface area contributed by atoms with Gasteiger partial charge in [-0.3, -0.25) is 4.90 Å². The van der Waals surface area contributed by atoms with Crippen LogP contribution in [0.5, 0.6) is 0 Å². The zero-order valence-corrected chi connectivity index (χ0v) is 11.4. The van der Waals surface area contributed by atoms with Crippen LogP contribution in [-0.4, -0.2) is 34.7 Å². The molecule has 1 rings (SSSR count). The van der Waals surface area contributed by atoms with E-state index in [1.165, 1.54) is 19.3 Å². The fraction of sp³-hybridized carbons (Fsp3) is 0.867. The first-order chi connectivity index (χ1) is 8.15. The molecule has 0 bridgehead atoms. The maximum atomic E-state index is 10.4. The molecule has 0 spiro atoms. The second-order valence-electron chi connectivity index (χ2n) is 5.37. The third-order valence-electron chi connectivity index (χ3n) is 4.31. The molecule has 17 heavy (non-hydrogen) atoms. The van der Waals surface area contributed by atoms with Gasteiger partial charge in [-0.05, 0) is 52.1 Å². The SMILES string of the molecule is C#CCCCC(O)C(C)(CC)N1CCCCC1. The molecule has 0 aromatic heterocycles. The van der Waals surface area contributed by atoms with Gasteiger partial charge in [0.1, 0.15) is 0 Å². The number of hydrogen-bond acceptors (Lipinski definition) is 2. The van der Waals surface area contributed by atoms with Crippen molar-refractivity contribution < 1.29 is 5.11 Å². The number of terminal acetylenes is 1. The van der Waals surface area contributed by atoms with Gasteiger partial charge in [0, 0.05) is 12.0 Å². The van der Waals surface area contributed by atoms with Crippen molar-refractivity contribution in [1.82, 2.24) is 4.90 Å². The van der Waals surface area contributed by atoms with Gasteiger partial charge in [0.2, 0.25) is 0 Å². The Bertz CT molecular complexity index is 252. The van der Waals surface area contributed by atoms with E-state index in [2.05, 4.69) is 24.7 Å². The number of unbranched alkanes of at least 4 members (excludes halogenated alkanes) is 1. The molecule has 98 valence electrons. The predicted octanol–water partition coefficient (Wildman–Crippen LogP) is 2.81. The Labute approximate surface area is 106 Å². The topological polar surface area (TPSA) is 23.5 Å². The molecule has 0 radical (unpaired) electrons. The first kappa shape index (κ1) is 14.5. The molecule has 0 aromatic rings. The summed E-state index contributed by atoms with van der Waals surface area (Å²) in [7, 11) is 0. The van der Waals surface area contributed by atoms with Crippen LogP contribution in [0.25, 0.3) is 0 Å². The van der Waals surface area contributed by atoms with E-state index in [-0.39, 0.29) is 11.6 Å². The number of aliphatic hydroxyl groups excluding tert-OH is 1. The van der Waals surface area contributed by atoms with Crippen LogP contribution in [0.1, 0.15) is 58.8 Å². The normalized spacial score (nSPS) is 22.7. The van der Waals surface area contributed by atoms with Gasteiger partial charge in [-0.1, -0.05) is 13.3 Å². The van der Waals surface area contributed by atoms with E-state index in [0.717, 1.165) is 38.8 Å². The van der Waals surface area contributed by atoms with Crippen molar-refractivity contribution in [2.45, 2.75) is 70.4 Å². The second kappa shape index (κ2) is 7.03. The molecule has 1 saturated heterocycles. The molecule has 0 saturated carbocycles. The Kier molecular flexibility index (Phi) is 6.02. The molecule has 2 unspecified atom stereocenters. The van der Waals surface area contributed by atoms with Crippen molar-refractivity contribution in [3.8, 4) is 12.3 Å². The first-order valence-corrected chi connectivity index (χ1v) is 7.01. The minimum Gasteiger partial charge on any atom is -0.391 e. The summed E-state index contributed by atoms with van der Waals surface area (Å²) >= 11 is 0. The van der Waals surface area contributed by atoms with Gasteiger partial charge in [0.15, 0.2) is 0 Å². The van der Waals surface area contributed by atoms with Crippen LogP contribution in [0, 0.1) is 12.3 Å². The fourth-order valence-electron chi connectivity index (χ4n) is 2.78. The summed E-state index contributed by atoms with van der Waals surface area (Å²) in [5.41, 5.74) is -0.0605. The number of likely N-dealkylation sites (tertiary alicyclic amines) is 1. The lowest BCUT2D eigenvalue weighted by molar-refractivity contribution is -0.0375. The minimum absolute atomic E-state index is 0.0605. The third kappa shape index (κ3) is 3.72. The molecular weight excluding hydrogens is 210 g/mol. The average Bonchev–Trinajstić information content (AvgIpc) is 2.39. The van der Waals surface area contributed by atoms with Gasteiger partial charge in [-0.25, -0.2) is 0 Å². The van der Waals surface area contributed by atoms with Gasteiger partial charge < -0.3 is 5.11 Å². The lowest BCUT2D eigenvalue weighted by atomic mass is 9.85. The molecule has 0 amide bonds. The van der Waals surface area contributed by atoms with E-state index in [0.29, 0.717) is 0 Å². The molecule has 1 heterocycles. The van der Waals surface area contributed by atoms with Crippen molar-refractivity contribution in [3.63, 3.8) is 0 Å². The summed E-state index contributed by atoms with van der Waals surface area (Å²) in [6, 6.07) is 0. The van der Waals surface area contributed by atoms with E-state index >= 15 is 0 Å². The van der Waals surface area contributed by atoms with E-state index in [1.54, 1.807) is 0 Å². The standard InChI is InChI=1S/C15H27NO/c1-4-6-8-11-14(17)15(3,5-2)16-12-9-7-10-13-16/h1,14,17H,5-13H2,2-3H3. The molecule has 0 aromatic carbocycles. The number of rotatable bonds is 6. The van der Waals surface area contributed by atoms with Gasteiger partial charge in [-0.2, -0.15) is 0 Å². The Morgan fingerprint density at radius 2 is 2.00 bits per heavy atom. The summed E-state index contributed by atoms with van der Waals surface area (Å²) in [6.45, 7) is 6.66. The molecule has 1 fully saturated rings. The van der Waals surface area contributed by atoms with E-state index in [9.17, 15) is 5.11 Å². The van der Waals surface area contributed by atoms with E-state index < -0.39 is 0 Å². The number of piperidine rings is 1. The van der Waals surface area contributed by atoms with Gasteiger partial charge in [0.25, 0.3) is 0 Å². The van der Waals surface area contributed by atoms with Crippen LogP contribution in [0.3, 0.4) is 0 Å². The van der Waals surface area contributed by atoms with Crippen LogP contribution < -0.4 is 0 Å². The zero-order valence-electron chi connectivity index (χ0n) is 11.4. The van der Waals surface area contributed by atoms with Crippen LogP contribution in [0.15, 0.2) is 0 Å². The quantitative estimate of drug-likeness (QED) is 0.567. The Morgan fingerprint density at radius 3 is 2.53 bits per heavy atom. The maximum absolute atomic E-state index is 10.4. The fourth-order valence-corrected chi connectivity index (χ4v) is 2.78. The summed E-state index contributed by atoms with van der Waals surface area (Å²) in [4.78, 5) is 2.48. The lowest BCUT2D eigenvalue weighted by Crippen LogP contribution is -2.55. The van der Waals surface area contributed by atoms with Crippen LogP contribution >= 0.6 is 0 Å². The molecular formula is C15H27NO. The van der Waals surface area contributed by atoms with Crippen molar-refractivity contribution in [2.24, 2.45) is 0 Å².